The number of nitrogens with zero attached hydrogens (tertiary/aromatic N) is 1. The third kappa shape index (κ3) is 2.66. The maximum absolute atomic E-state index is 14.0. The first-order valence-electron chi connectivity index (χ1n) is 12.2. The van der Waals surface area contributed by atoms with Gasteiger partial charge in [-0.05, 0) is 41.9 Å². The number of benzene rings is 2. The van der Waals surface area contributed by atoms with Crippen LogP contribution in [0.2, 0.25) is 0 Å². The predicted molar refractivity (Wildman–Crippen MR) is 136 cm³/mol. The maximum atomic E-state index is 14.0. The Kier molecular flexibility index (Phi) is 4.35. The molecule has 2 saturated carbocycles. The highest BCUT2D eigenvalue weighted by Gasteiger charge is 2.65. The normalized spacial score (nSPS) is 28.9. The summed E-state index contributed by atoms with van der Waals surface area (Å²) in [4.78, 5) is 13.1. The minimum Gasteiger partial charge on any atom is -0.377 e. The molecule has 2 aliphatic carbocycles. The minimum atomic E-state index is -3.76. The standard InChI is InChI=1S/C28H32N2O3S/c1-26(2)21-10-6-7-11-22(21)29-25(26)20-16-30(23-12-8-5-9-19(20)23)34(32,33)17-28-14-13-18(15-24(28)31)27(28,3)4/h5-12,16,18,25,29H,13-15,17H2,1-4H3/t18-,25?,28-/m0/s1. The SMILES string of the molecule is CC1(C)c2ccccc2NC1c1cn(S(=O)(=O)C[C@@]23CC[C@@H](CC2=O)C3(C)C)c2ccccc12. The van der Waals surface area contributed by atoms with Crippen LogP contribution in [0.4, 0.5) is 5.69 Å². The summed E-state index contributed by atoms with van der Waals surface area (Å²) >= 11 is 0. The molecule has 1 unspecified atom stereocenters. The van der Waals surface area contributed by atoms with Crippen molar-refractivity contribution in [3.8, 4) is 0 Å². The zero-order valence-corrected chi connectivity index (χ0v) is 21.1. The largest absolute Gasteiger partial charge is 0.377 e. The van der Waals surface area contributed by atoms with E-state index in [1.165, 1.54) is 9.54 Å². The number of hydrogen-bond acceptors (Lipinski definition) is 4. The van der Waals surface area contributed by atoms with Crippen LogP contribution >= 0.6 is 0 Å². The van der Waals surface area contributed by atoms with Crippen LogP contribution in [0.3, 0.4) is 0 Å². The lowest BCUT2D eigenvalue weighted by Gasteiger charge is -2.36. The van der Waals surface area contributed by atoms with Gasteiger partial charge in [0.15, 0.2) is 0 Å². The number of carbonyl (C=O) groups excluding carboxylic acids is 1. The fourth-order valence-corrected chi connectivity index (χ4v) is 9.43. The van der Waals surface area contributed by atoms with E-state index >= 15 is 0 Å². The van der Waals surface area contributed by atoms with Crippen molar-refractivity contribution in [2.24, 2.45) is 16.7 Å². The van der Waals surface area contributed by atoms with E-state index in [-0.39, 0.29) is 34.3 Å². The Hall–Kier alpha value is -2.60. The number of carbonyl (C=O) groups is 1. The first-order valence-corrected chi connectivity index (χ1v) is 13.8. The van der Waals surface area contributed by atoms with Gasteiger partial charge in [-0.25, -0.2) is 12.4 Å². The average molecular weight is 477 g/mol. The fourth-order valence-electron chi connectivity index (χ4n) is 7.25. The topological polar surface area (TPSA) is 68.2 Å². The molecule has 1 aromatic heterocycles. The predicted octanol–water partition coefficient (Wildman–Crippen LogP) is 5.66. The Morgan fingerprint density at radius 3 is 2.41 bits per heavy atom. The smallest absolute Gasteiger partial charge is 0.240 e. The Bertz CT molecular complexity index is 1450. The number of nitrogens with one attached hydrogen (secondary N) is 1. The second-order valence-corrected chi connectivity index (χ2v) is 13.5. The van der Waals surface area contributed by atoms with E-state index in [9.17, 15) is 13.2 Å². The van der Waals surface area contributed by atoms with Crippen LogP contribution in [-0.4, -0.2) is 23.9 Å². The fraction of sp³-hybridized carbons (Fsp3) is 0.464. The molecule has 3 aliphatic rings. The molecule has 34 heavy (non-hydrogen) atoms. The number of Topliss-reactive ketones (excluding diaryl/α,β-unsaturated/α-hetero) is 1. The van der Waals surface area contributed by atoms with Gasteiger partial charge in [0.1, 0.15) is 5.78 Å². The van der Waals surface area contributed by atoms with Crippen LogP contribution in [0.1, 0.15) is 64.1 Å². The van der Waals surface area contributed by atoms with E-state index in [0.717, 1.165) is 23.1 Å². The highest BCUT2D eigenvalue weighted by molar-refractivity contribution is 7.90. The lowest BCUT2D eigenvalue weighted by atomic mass is 9.70. The molecule has 2 bridgehead atoms. The van der Waals surface area contributed by atoms with Crippen LogP contribution in [0.5, 0.6) is 0 Å². The van der Waals surface area contributed by atoms with Crippen molar-refractivity contribution in [3.63, 3.8) is 0 Å². The summed E-state index contributed by atoms with van der Waals surface area (Å²) in [6.45, 7) is 8.59. The molecule has 0 radical (unpaired) electrons. The summed E-state index contributed by atoms with van der Waals surface area (Å²) < 4.78 is 29.5. The van der Waals surface area contributed by atoms with Gasteiger partial charge in [-0.2, -0.15) is 0 Å². The van der Waals surface area contributed by atoms with E-state index in [0.29, 0.717) is 18.4 Å². The van der Waals surface area contributed by atoms with Gasteiger partial charge >= 0.3 is 0 Å². The zero-order valence-electron chi connectivity index (χ0n) is 20.3. The lowest BCUT2D eigenvalue weighted by molar-refractivity contribution is -0.128. The molecule has 6 rings (SSSR count). The number of anilines is 1. The number of rotatable bonds is 4. The molecule has 0 spiro atoms. The molecular weight excluding hydrogens is 444 g/mol. The van der Waals surface area contributed by atoms with Crippen LogP contribution in [0, 0.1) is 16.7 Å². The summed E-state index contributed by atoms with van der Waals surface area (Å²) in [6.07, 6.45) is 3.92. The van der Waals surface area contributed by atoms with E-state index in [1.54, 1.807) is 6.20 Å². The number of ketones is 1. The van der Waals surface area contributed by atoms with Gasteiger partial charge in [0.2, 0.25) is 10.0 Å². The third-order valence-corrected chi connectivity index (χ3v) is 11.3. The van der Waals surface area contributed by atoms with Crippen LogP contribution in [0.25, 0.3) is 10.9 Å². The zero-order chi connectivity index (χ0) is 24.1. The van der Waals surface area contributed by atoms with Crippen molar-refractivity contribution in [2.75, 3.05) is 11.1 Å². The van der Waals surface area contributed by atoms with Crippen molar-refractivity contribution < 1.29 is 13.2 Å². The van der Waals surface area contributed by atoms with E-state index in [1.807, 2.05) is 36.4 Å². The van der Waals surface area contributed by atoms with Crippen LogP contribution in [-0.2, 0) is 20.2 Å². The van der Waals surface area contributed by atoms with Gasteiger partial charge in [0.25, 0.3) is 0 Å². The molecule has 2 heterocycles. The van der Waals surface area contributed by atoms with Crippen molar-refractivity contribution in [3.05, 3.63) is 65.9 Å². The first-order chi connectivity index (χ1) is 16.0. The van der Waals surface area contributed by atoms with Crippen molar-refractivity contribution >= 4 is 32.4 Å². The molecule has 1 aliphatic heterocycles. The Morgan fingerprint density at radius 1 is 1.03 bits per heavy atom. The maximum Gasteiger partial charge on any atom is 0.240 e. The highest BCUT2D eigenvalue weighted by Crippen LogP contribution is 2.64. The van der Waals surface area contributed by atoms with E-state index in [2.05, 4.69) is 45.1 Å². The first kappa shape index (κ1) is 21.9. The average Bonchev–Trinajstić information content (AvgIpc) is 3.42. The Balaban J connectivity index is 1.47. The molecule has 0 amide bonds. The Labute approximate surface area is 201 Å². The molecule has 3 aromatic rings. The van der Waals surface area contributed by atoms with Gasteiger partial charge in [-0.1, -0.05) is 64.1 Å². The molecule has 0 saturated heterocycles. The van der Waals surface area contributed by atoms with Gasteiger partial charge in [0.05, 0.1) is 22.7 Å². The van der Waals surface area contributed by atoms with Crippen LogP contribution in [0.15, 0.2) is 54.7 Å². The molecule has 1 N–H and O–H groups in total. The van der Waals surface area contributed by atoms with Gasteiger partial charge in [-0.15, -0.1) is 0 Å². The van der Waals surface area contributed by atoms with Crippen LogP contribution < -0.4 is 5.32 Å². The molecule has 5 nitrogen and oxygen atoms in total. The Morgan fingerprint density at radius 2 is 1.74 bits per heavy atom. The molecule has 2 fully saturated rings. The number of aromatic nitrogens is 1. The monoisotopic (exact) mass is 476 g/mol. The van der Waals surface area contributed by atoms with Crippen molar-refractivity contribution in [2.45, 2.75) is 58.4 Å². The molecule has 6 heteroatoms. The number of hydrogen-bond donors (Lipinski definition) is 1. The van der Waals surface area contributed by atoms with Gasteiger partial charge in [-0.3, -0.25) is 4.79 Å². The van der Waals surface area contributed by atoms with Crippen molar-refractivity contribution in [1.29, 1.82) is 0 Å². The second-order valence-electron chi connectivity index (χ2n) is 11.7. The molecule has 3 atom stereocenters. The highest BCUT2D eigenvalue weighted by atomic mass is 32.2. The summed E-state index contributed by atoms with van der Waals surface area (Å²) in [5.41, 5.74) is 2.68. The van der Waals surface area contributed by atoms with E-state index in [4.69, 9.17) is 0 Å². The summed E-state index contributed by atoms with van der Waals surface area (Å²) in [7, 11) is -3.76. The number of fused-ring (bicyclic) bond motifs is 4. The van der Waals surface area contributed by atoms with E-state index < -0.39 is 15.4 Å². The summed E-state index contributed by atoms with van der Waals surface area (Å²) in [6, 6.07) is 16.0. The summed E-state index contributed by atoms with van der Waals surface area (Å²) in [5, 5.41) is 4.59. The molecular formula is C28H32N2O3S. The summed E-state index contributed by atoms with van der Waals surface area (Å²) in [5.74, 6) is 0.291. The third-order valence-electron chi connectivity index (χ3n) is 9.53. The van der Waals surface area contributed by atoms with Gasteiger partial charge in [0, 0.05) is 34.7 Å². The second kappa shape index (κ2) is 6.75. The quantitative estimate of drug-likeness (QED) is 0.528. The molecule has 178 valence electrons. The van der Waals surface area contributed by atoms with Gasteiger partial charge < -0.3 is 5.32 Å². The number of para-hydroxylation sites is 2. The minimum absolute atomic E-state index is 0.0650. The lowest BCUT2D eigenvalue weighted by Crippen LogP contribution is -2.43. The van der Waals surface area contributed by atoms with Crippen molar-refractivity contribution in [1.82, 2.24) is 3.97 Å². The molecule has 2 aromatic carbocycles.